The fraction of sp³-hybridized carbons (Fsp3) is 0.643. The van der Waals surface area contributed by atoms with E-state index in [1.54, 1.807) is 0 Å². The monoisotopic (exact) mass is 234 g/mol. The molecular formula is C14H22N2O. The molecule has 1 aromatic rings. The lowest BCUT2D eigenvalue weighted by Crippen LogP contribution is -2.22. The molecule has 0 aromatic carbocycles. The zero-order valence-corrected chi connectivity index (χ0v) is 11.0. The molecule has 2 atom stereocenters. The normalized spacial score (nSPS) is 23.9. The van der Waals surface area contributed by atoms with Crippen LogP contribution in [0, 0.1) is 19.8 Å². The minimum Gasteiger partial charge on any atom is -0.385 e. The van der Waals surface area contributed by atoms with Gasteiger partial charge in [-0.1, -0.05) is 6.92 Å². The Bertz CT molecular complexity index is 358. The van der Waals surface area contributed by atoms with Gasteiger partial charge in [-0.25, -0.2) is 0 Å². The predicted molar refractivity (Wildman–Crippen MR) is 70.3 cm³/mol. The van der Waals surface area contributed by atoms with Gasteiger partial charge in [0.15, 0.2) is 0 Å². The van der Waals surface area contributed by atoms with Crippen LogP contribution in [-0.4, -0.2) is 24.2 Å². The van der Waals surface area contributed by atoms with Crippen molar-refractivity contribution in [3.05, 3.63) is 23.5 Å². The summed E-state index contributed by atoms with van der Waals surface area (Å²) in [5, 5.41) is 3.51. The van der Waals surface area contributed by atoms with Gasteiger partial charge in [0.1, 0.15) is 0 Å². The molecule has 0 bridgehead atoms. The lowest BCUT2D eigenvalue weighted by Gasteiger charge is -2.18. The Morgan fingerprint density at radius 2 is 2.06 bits per heavy atom. The second-order valence-electron chi connectivity index (χ2n) is 4.89. The number of aromatic nitrogens is 1. The van der Waals surface area contributed by atoms with Gasteiger partial charge in [0.25, 0.3) is 0 Å². The summed E-state index contributed by atoms with van der Waals surface area (Å²) < 4.78 is 5.70. The van der Waals surface area contributed by atoms with Gasteiger partial charge in [-0.2, -0.15) is 0 Å². The van der Waals surface area contributed by atoms with Crippen LogP contribution in [0.25, 0.3) is 0 Å². The van der Waals surface area contributed by atoms with Crippen molar-refractivity contribution in [1.29, 1.82) is 0 Å². The van der Waals surface area contributed by atoms with E-state index < -0.39 is 0 Å². The van der Waals surface area contributed by atoms with Crippen molar-refractivity contribution in [2.75, 3.05) is 18.5 Å². The molecule has 2 unspecified atom stereocenters. The van der Waals surface area contributed by atoms with E-state index >= 15 is 0 Å². The van der Waals surface area contributed by atoms with Crippen molar-refractivity contribution in [3.8, 4) is 0 Å². The highest BCUT2D eigenvalue weighted by atomic mass is 16.5. The lowest BCUT2D eigenvalue weighted by atomic mass is 9.99. The molecule has 3 heteroatoms. The first-order valence-corrected chi connectivity index (χ1v) is 6.50. The van der Waals surface area contributed by atoms with Gasteiger partial charge >= 0.3 is 0 Å². The van der Waals surface area contributed by atoms with Gasteiger partial charge in [-0.15, -0.1) is 0 Å². The van der Waals surface area contributed by atoms with E-state index in [1.165, 1.54) is 12.1 Å². The Hall–Kier alpha value is -1.09. The van der Waals surface area contributed by atoms with Crippen LogP contribution in [-0.2, 0) is 4.74 Å². The van der Waals surface area contributed by atoms with Crippen LogP contribution >= 0.6 is 0 Å². The van der Waals surface area contributed by atoms with Crippen molar-refractivity contribution in [2.24, 2.45) is 5.92 Å². The van der Waals surface area contributed by atoms with Gasteiger partial charge in [0.05, 0.1) is 6.10 Å². The van der Waals surface area contributed by atoms with E-state index in [0.29, 0.717) is 12.0 Å². The van der Waals surface area contributed by atoms with Gasteiger partial charge < -0.3 is 10.1 Å². The summed E-state index contributed by atoms with van der Waals surface area (Å²) in [5.74, 6) is 0.647. The third kappa shape index (κ3) is 3.19. The zero-order valence-electron chi connectivity index (χ0n) is 11.0. The molecule has 3 nitrogen and oxygen atoms in total. The van der Waals surface area contributed by atoms with Crippen LogP contribution in [0.1, 0.15) is 31.2 Å². The topological polar surface area (TPSA) is 34.1 Å². The van der Waals surface area contributed by atoms with Crippen molar-refractivity contribution in [1.82, 2.24) is 4.98 Å². The Balaban J connectivity index is 1.93. The SMILES string of the molecule is CCC1OCCC1CNc1cc(C)nc(C)c1. The molecule has 0 radical (unpaired) electrons. The van der Waals surface area contributed by atoms with E-state index in [4.69, 9.17) is 4.74 Å². The lowest BCUT2D eigenvalue weighted by molar-refractivity contribution is 0.0900. The van der Waals surface area contributed by atoms with Crippen molar-refractivity contribution < 1.29 is 4.74 Å². The van der Waals surface area contributed by atoms with Gasteiger partial charge in [0.2, 0.25) is 0 Å². The molecule has 0 spiro atoms. The number of nitrogens with zero attached hydrogens (tertiary/aromatic N) is 1. The first kappa shape index (κ1) is 12.4. The number of anilines is 1. The van der Waals surface area contributed by atoms with Crippen LogP contribution in [0.2, 0.25) is 0 Å². The van der Waals surface area contributed by atoms with Crippen molar-refractivity contribution in [2.45, 2.75) is 39.7 Å². The summed E-state index contributed by atoms with van der Waals surface area (Å²) in [5.41, 5.74) is 3.32. The molecule has 17 heavy (non-hydrogen) atoms. The van der Waals surface area contributed by atoms with Crippen molar-refractivity contribution >= 4 is 5.69 Å². The number of hydrogen-bond acceptors (Lipinski definition) is 3. The fourth-order valence-electron chi connectivity index (χ4n) is 2.56. The Morgan fingerprint density at radius 1 is 1.35 bits per heavy atom. The Morgan fingerprint density at radius 3 is 2.71 bits per heavy atom. The fourth-order valence-corrected chi connectivity index (χ4v) is 2.56. The van der Waals surface area contributed by atoms with E-state index in [9.17, 15) is 0 Å². The van der Waals surface area contributed by atoms with Crippen LogP contribution in [0.3, 0.4) is 0 Å². The van der Waals surface area contributed by atoms with Crippen LogP contribution in [0.15, 0.2) is 12.1 Å². The highest BCUT2D eigenvalue weighted by Gasteiger charge is 2.26. The first-order chi connectivity index (χ1) is 8.19. The summed E-state index contributed by atoms with van der Waals surface area (Å²) in [6, 6.07) is 4.20. The average molecular weight is 234 g/mol. The predicted octanol–water partition coefficient (Wildman–Crippen LogP) is 2.93. The van der Waals surface area contributed by atoms with E-state index in [0.717, 1.165) is 31.0 Å². The maximum absolute atomic E-state index is 5.70. The van der Waals surface area contributed by atoms with Gasteiger partial charge in [-0.05, 0) is 38.8 Å². The number of nitrogens with one attached hydrogen (secondary N) is 1. The van der Waals surface area contributed by atoms with Crippen molar-refractivity contribution in [3.63, 3.8) is 0 Å². The molecule has 1 aliphatic rings. The van der Waals surface area contributed by atoms with Gasteiger partial charge in [-0.3, -0.25) is 4.98 Å². The molecule has 1 fully saturated rings. The Labute approximate surface area is 104 Å². The first-order valence-electron chi connectivity index (χ1n) is 6.50. The molecule has 0 aliphatic carbocycles. The van der Waals surface area contributed by atoms with Gasteiger partial charge in [0, 0.05) is 36.1 Å². The largest absolute Gasteiger partial charge is 0.385 e. The highest BCUT2D eigenvalue weighted by molar-refractivity contribution is 5.45. The molecule has 0 amide bonds. The number of ether oxygens (including phenoxy) is 1. The standard InChI is InChI=1S/C14H22N2O/c1-4-14-12(5-6-17-14)9-15-13-7-10(2)16-11(3)8-13/h7-8,12,14H,4-6,9H2,1-3H3,(H,15,16). The average Bonchev–Trinajstić information content (AvgIpc) is 2.72. The summed E-state index contributed by atoms with van der Waals surface area (Å²) in [4.78, 5) is 4.38. The minimum absolute atomic E-state index is 0.437. The maximum atomic E-state index is 5.70. The summed E-state index contributed by atoms with van der Waals surface area (Å²) >= 11 is 0. The Kier molecular flexibility index (Phi) is 4.00. The molecule has 2 heterocycles. The third-order valence-electron chi connectivity index (χ3n) is 3.40. The van der Waals surface area contributed by atoms with Crippen LogP contribution in [0.4, 0.5) is 5.69 Å². The smallest absolute Gasteiger partial charge is 0.0618 e. The number of pyridine rings is 1. The minimum atomic E-state index is 0.437. The van der Waals surface area contributed by atoms with E-state index in [1.807, 2.05) is 13.8 Å². The quantitative estimate of drug-likeness (QED) is 0.869. The maximum Gasteiger partial charge on any atom is 0.0618 e. The van der Waals surface area contributed by atoms with E-state index in [2.05, 4.69) is 29.4 Å². The second-order valence-corrected chi connectivity index (χ2v) is 4.89. The van der Waals surface area contributed by atoms with E-state index in [-0.39, 0.29) is 0 Å². The number of hydrogen-bond donors (Lipinski definition) is 1. The molecular weight excluding hydrogens is 212 g/mol. The molecule has 0 saturated carbocycles. The molecule has 1 N–H and O–H groups in total. The molecule has 94 valence electrons. The van der Waals surface area contributed by atoms with Crippen LogP contribution < -0.4 is 5.32 Å². The molecule has 2 rings (SSSR count). The third-order valence-corrected chi connectivity index (χ3v) is 3.40. The highest BCUT2D eigenvalue weighted by Crippen LogP contribution is 2.24. The second kappa shape index (κ2) is 5.50. The summed E-state index contributed by atoms with van der Waals surface area (Å²) in [6.07, 6.45) is 2.72. The molecule has 1 saturated heterocycles. The summed E-state index contributed by atoms with van der Waals surface area (Å²) in [7, 11) is 0. The van der Waals surface area contributed by atoms with Crippen LogP contribution in [0.5, 0.6) is 0 Å². The number of rotatable bonds is 4. The molecule has 1 aromatic heterocycles. The summed E-state index contributed by atoms with van der Waals surface area (Å²) in [6.45, 7) is 8.18. The molecule has 1 aliphatic heterocycles. The zero-order chi connectivity index (χ0) is 12.3. The number of aryl methyl sites for hydroxylation is 2.